The van der Waals surface area contributed by atoms with E-state index in [0.717, 1.165) is 23.2 Å². The molecule has 5 rings (SSSR count). The SMILES string of the molecule is CCc1ccc(NC(=O)C2(c3ccc4c(c3)OC(F)(F)O4)CC2)nc1-c1ccc(OC)nc1. The normalized spacial score (nSPS) is 16.8. The summed E-state index contributed by atoms with van der Waals surface area (Å²) in [5.74, 6) is 0.537. The first-order valence-electron chi connectivity index (χ1n) is 10.6. The zero-order chi connectivity index (χ0) is 23.2. The number of carbonyl (C=O) groups excluding carboxylic acids is 1. The second-order valence-corrected chi connectivity index (χ2v) is 8.01. The predicted octanol–water partition coefficient (Wildman–Crippen LogP) is 4.71. The first-order valence-corrected chi connectivity index (χ1v) is 10.6. The van der Waals surface area contributed by atoms with Gasteiger partial charge in [-0.05, 0) is 54.7 Å². The lowest BCUT2D eigenvalue weighted by atomic mass is 9.94. The maximum Gasteiger partial charge on any atom is 0.586 e. The van der Waals surface area contributed by atoms with Crippen LogP contribution < -0.4 is 19.5 Å². The van der Waals surface area contributed by atoms with Crippen molar-refractivity contribution in [2.45, 2.75) is 37.9 Å². The lowest BCUT2D eigenvalue weighted by Gasteiger charge is -2.17. The van der Waals surface area contributed by atoms with Gasteiger partial charge in [0, 0.05) is 17.8 Å². The number of hydrogen-bond acceptors (Lipinski definition) is 6. The number of alkyl halides is 2. The van der Waals surface area contributed by atoms with Crippen molar-refractivity contribution in [1.29, 1.82) is 0 Å². The summed E-state index contributed by atoms with van der Waals surface area (Å²) in [6, 6.07) is 11.8. The molecular formula is C24H21F2N3O4. The van der Waals surface area contributed by atoms with Crippen molar-refractivity contribution in [3.05, 3.63) is 59.8 Å². The lowest BCUT2D eigenvalue weighted by molar-refractivity contribution is -0.286. The summed E-state index contributed by atoms with van der Waals surface area (Å²) in [7, 11) is 1.55. The van der Waals surface area contributed by atoms with Crippen molar-refractivity contribution >= 4 is 11.7 Å². The molecule has 3 heterocycles. The number of aryl methyl sites for hydroxylation is 1. The van der Waals surface area contributed by atoms with Crippen LogP contribution in [-0.2, 0) is 16.6 Å². The first kappa shape index (κ1) is 21.1. The van der Waals surface area contributed by atoms with E-state index in [2.05, 4.69) is 24.8 Å². The third kappa shape index (κ3) is 3.83. The number of carbonyl (C=O) groups is 1. The molecule has 170 valence electrons. The number of rotatable bonds is 6. The second-order valence-electron chi connectivity index (χ2n) is 8.01. The van der Waals surface area contributed by atoms with Crippen LogP contribution in [0.2, 0.25) is 0 Å². The molecule has 1 saturated carbocycles. The Hall–Kier alpha value is -3.75. The maximum absolute atomic E-state index is 13.4. The van der Waals surface area contributed by atoms with Crippen LogP contribution in [0.4, 0.5) is 14.6 Å². The molecule has 1 amide bonds. The average Bonchev–Trinajstić information content (AvgIpc) is 3.56. The topological polar surface area (TPSA) is 82.6 Å². The van der Waals surface area contributed by atoms with E-state index in [0.29, 0.717) is 30.1 Å². The molecule has 2 aliphatic rings. The minimum Gasteiger partial charge on any atom is -0.481 e. The standard InChI is InChI=1S/C24H21F2N3O4/c1-3-14-4-8-19(28-21(14)15-5-9-20(31-2)27-13-15)29-22(30)23(10-11-23)16-6-7-17-18(12-16)33-24(25,26)32-17/h4-9,12-13H,3,10-11H2,1-2H3,(H,28,29,30). The number of halogens is 2. The van der Waals surface area contributed by atoms with E-state index >= 15 is 0 Å². The van der Waals surface area contributed by atoms with E-state index in [9.17, 15) is 13.6 Å². The lowest BCUT2D eigenvalue weighted by Crippen LogP contribution is -2.28. The minimum absolute atomic E-state index is 0.0467. The summed E-state index contributed by atoms with van der Waals surface area (Å²) in [4.78, 5) is 22.1. The van der Waals surface area contributed by atoms with Gasteiger partial charge < -0.3 is 19.5 Å². The van der Waals surface area contributed by atoms with E-state index in [1.807, 2.05) is 19.1 Å². The molecule has 1 fully saturated rings. The van der Waals surface area contributed by atoms with Gasteiger partial charge >= 0.3 is 6.29 Å². The second kappa shape index (κ2) is 7.68. The Balaban J connectivity index is 1.40. The molecule has 0 saturated heterocycles. The van der Waals surface area contributed by atoms with Crippen LogP contribution in [0, 0.1) is 0 Å². The Morgan fingerprint density at radius 3 is 2.58 bits per heavy atom. The molecular weight excluding hydrogens is 432 g/mol. The fourth-order valence-corrected chi connectivity index (χ4v) is 3.99. The van der Waals surface area contributed by atoms with Gasteiger partial charge in [0.2, 0.25) is 11.8 Å². The van der Waals surface area contributed by atoms with Gasteiger partial charge in [-0.3, -0.25) is 4.79 Å². The van der Waals surface area contributed by atoms with E-state index in [1.54, 1.807) is 31.5 Å². The molecule has 1 aliphatic heterocycles. The number of benzene rings is 1. The van der Waals surface area contributed by atoms with Gasteiger partial charge in [0.25, 0.3) is 0 Å². The Morgan fingerprint density at radius 2 is 1.91 bits per heavy atom. The zero-order valence-electron chi connectivity index (χ0n) is 18.0. The van der Waals surface area contributed by atoms with E-state index < -0.39 is 11.7 Å². The van der Waals surface area contributed by atoms with Crippen LogP contribution in [0.3, 0.4) is 0 Å². The molecule has 0 radical (unpaired) electrons. The summed E-state index contributed by atoms with van der Waals surface area (Å²) >= 11 is 0. The minimum atomic E-state index is -3.70. The van der Waals surface area contributed by atoms with Crippen LogP contribution in [0.5, 0.6) is 17.4 Å². The van der Waals surface area contributed by atoms with Crippen LogP contribution >= 0.6 is 0 Å². The number of methoxy groups -OCH3 is 1. The Morgan fingerprint density at radius 1 is 1.12 bits per heavy atom. The molecule has 0 atom stereocenters. The summed E-state index contributed by atoms with van der Waals surface area (Å²) < 4.78 is 40.8. The van der Waals surface area contributed by atoms with Crippen molar-refractivity contribution in [1.82, 2.24) is 9.97 Å². The largest absolute Gasteiger partial charge is 0.586 e. The molecule has 0 unspecified atom stereocenters. The molecule has 2 aromatic heterocycles. The molecule has 1 N–H and O–H groups in total. The number of nitrogens with zero attached hydrogens (tertiary/aromatic N) is 2. The van der Waals surface area contributed by atoms with Crippen LogP contribution in [0.15, 0.2) is 48.7 Å². The highest BCUT2D eigenvalue weighted by Gasteiger charge is 2.53. The Bertz CT molecular complexity index is 1230. The van der Waals surface area contributed by atoms with Crippen molar-refractivity contribution in [3.63, 3.8) is 0 Å². The number of fused-ring (bicyclic) bond motifs is 1. The number of anilines is 1. The predicted molar refractivity (Wildman–Crippen MR) is 116 cm³/mol. The monoisotopic (exact) mass is 453 g/mol. The van der Waals surface area contributed by atoms with Gasteiger partial charge in [-0.25, -0.2) is 9.97 Å². The molecule has 9 heteroatoms. The van der Waals surface area contributed by atoms with Gasteiger partial charge in [-0.2, -0.15) is 0 Å². The number of pyridine rings is 2. The quantitative estimate of drug-likeness (QED) is 0.582. The van der Waals surface area contributed by atoms with E-state index in [4.69, 9.17) is 4.74 Å². The number of amides is 1. The van der Waals surface area contributed by atoms with Gasteiger partial charge in [0.15, 0.2) is 11.5 Å². The Kier molecular flexibility index (Phi) is 4.92. The van der Waals surface area contributed by atoms with E-state index in [-0.39, 0.29) is 17.4 Å². The number of ether oxygens (including phenoxy) is 3. The fraction of sp³-hybridized carbons (Fsp3) is 0.292. The summed E-state index contributed by atoms with van der Waals surface area (Å²) in [5.41, 5.74) is 2.33. The molecule has 0 spiro atoms. The number of hydrogen-bond donors (Lipinski definition) is 1. The summed E-state index contributed by atoms with van der Waals surface area (Å²) in [5, 5.41) is 2.90. The molecule has 3 aromatic rings. The summed E-state index contributed by atoms with van der Waals surface area (Å²) in [6.07, 6.45) is -0.0724. The van der Waals surface area contributed by atoms with Crippen molar-refractivity contribution in [3.8, 4) is 28.6 Å². The van der Waals surface area contributed by atoms with Crippen molar-refractivity contribution < 1.29 is 27.8 Å². The van der Waals surface area contributed by atoms with Crippen LogP contribution in [-0.4, -0.2) is 29.3 Å². The maximum atomic E-state index is 13.4. The number of nitrogens with one attached hydrogen (secondary N) is 1. The van der Waals surface area contributed by atoms with Crippen molar-refractivity contribution in [2.24, 2.45) is 0 Å². The molecule has 0 bridgehead atoms. The van der Waals surface area contributed by atoms with Crippen LogP contribution in [0.25, 0.3) is 11.3 Å². The van der Waals surface area contributed by atoms with Gasteiger partial charge in [-0.1, -0.05) is 19.1 Å². The number of aromatic nitrogens is 2. The fourth-order valence-electron chi connectivity index (χ4n) is 3.99. The van der Waals surface area contributed by atoms with Gasteiger partial charge in [0.05, 0.1) is 18.2 Å². The van der Waals surface area contributed by atoms with Gasteiger partial charge in [-0.15, -0.1) is 8.78 Å². The highest BCUT2D eigenvalue weighted by atomic mass is 19.3. The highest BCUT2D eigenvalue weighted by Crippen LogP contribution is 2.52. The first-order chi connectivity index (χ1) is 15.8. The molecule has 7 nitrogen and oxygen atoms in total. The van der Waals surface area contributed by atoms with E-state index in [1.165, 1.54) is 12.1 Å². The highest BCUT2D eigenvalue weighted by molar-refractivity contribution is 6.01. The molecule has 1 aromatic carbocycles. The molecule has 1 aliphatic carbocycles. The zero-order valence-corrected chi connectivity index (χ0v) is 18.0. The molecule has 33 heavy (non-hydrogen) atoms. The summed E-state index contributed by atoms with van der Waals surface area (Å²) in [6.45, 7) is 2.03. The van der Waals surface area contributed by atoms with Crippen molar-refractivity contribution in [2.75, 3.05) is 12.4 Å². The van der Waals surface area contributed by atoms with Crippen LogP contribution in [0.1, 0.15) is 30.9 Å². The Labute approximate surface area is 188 Å². The smallest absolute Gasteiger partial charge is 0.481 e. The van der Waals surface area contributed by atoms with Gasteiger partial charge in [0.1, 0.15) is 5.82 Å². The third-order valence-electron chi connectivity index (χ3n) is 5.96. The third-order valence-corrected chi connectivity index (χ3v) is 5.96. The average molecular weight is 453 g/mol.